The highest BCUT2D eigenvalue weighted by Gasteiger charge is 2.39. The molecule has 0 spiro atoms. The third-order valence-corrected chi connectivity index (χ3v) is 5.29. The lowest BCUT2D eigenvalue weighted by atomic mass is 9.78. The molecule has 0 aliphatic heterocycles. The summed E-state index contributed by atoms with van der Waals surface area (Å²) in [6, 6.07) is 9.63. The number of carbonyl (C=O) groups excluding carboxylic acids is 1. The Bertz CT molecular complexity index is 976. The van der Waals surface area contributed by atoms with Crippen molar-refractivity contribution in [1.82, 2.24) is 20.6 Å². The third kappa shape index (κ3) is 5.91. The van der Waals surface area contributed by atoms with Crippen molar-refractivity contribution in [3.05, 3.63) is 65.9 Å². The number of allylic oxidation sites excluding steroid dienone is 3. The van der Waals surface area contributed by atoms with Crippen LogP contribution in [-0.2, 0) is 11.3 Å². The maximum absolute atomic E-state index is 15.8. The number of aromatic nitrogens is 2. The Labute approximate surface area is 187 Å². The number of ether oxygens (including phenoxy) is 2. The van der Waals surface area contributed by atoms with Crippen molar-refractivity contribution >= 4 is 11.5 Å². The number of amides is 1. The SMILES string of the molecule is COc1nc(OCC2C=CC=C(c3ccccc3)C2(C)F)ncc1CNCCNC(C)=O. The Morgan fingerprint density at radius 1 is 1.25 bits per heavy atom. The Balaban J connectivity index is 1.60. The second-order valence-electron chi connectivity index (χ2n) is 7.67. The van der Waals surface area contributed by atoms with Gasteiger partial charge in [-0.2, -0.15) is 4.98 Å². The summed E-state index contributed by atoms with van der Waals surface area (Å²) in [5.41, 5.74) is 0.621. The van der Waals surface area contributed by atoms with E-state index in [-0.39, 0.29) is 18.5 Å². The molecular formula is C24H29FN4O3. The van der Waals surface area contributed by atoms with Crippen LogP contribution < -0.4 is 20.1 Å². The van der Waals surface area contributed by atoms with Crippen molar-refractivity contribution in [2.45, 2.75) is 26.1 Å². The van der Waals surface area contributed by atoms with E-state index in [1.807, 2.05) is 36.4 Å². The fourth-order valence-electron chi connectivity index (χ4n) is 3.50. The van der Waals surface area contributed by atoms with Crippen molar-refractivity contribution in [2.75, 3.05) is 26.8 Å². The molecule has 1 heterocycles. The highest BCUT2D eigenvalue weighted by molar-refractivity contribution is 5.75. The average molecular weight is 441 g/mol. The van der Waals surface area contributed by atoms with Crippen molar-refractivity contribution in [2.24, 2.45) is 5.92 Å². The fraction of sp³-hybridized carbons (Fsp3) is 0.375. The van der Waals surface area contributed by atoms with Gasteiger partial charge in [0.2, 0.25) is 11.8 Å². The van der Waals surface area contributed by atoms with Crippen LogP contribution in [0, 0.1) is 5.92 Å². The first kappa shape index (κ1) is 23.4. The molecule has 1 aromatic carbocycles. The summed E-state index contributed by atoms with van der Waals surface area (Å²) in [6.45, 7) is 4.73. The van der Waals surface area contributed by atoms with Crippen LogP contribution in [0.4, 0.5) is 4.39 Å². The lowest BCUT2D eigenvalue weighted by Crippen LogP contribution is -2.35. The van der Waals surface area contributed by atoms with Gasteiger partial charge in [0.1, 0.15) is 12.3 Å². The third-order valence-electron chi connectivity index (χ3n) is 5.29. The van der Waals surface area contributed by atoms with Crippen molar-refractivity contribution in [3.8, 4) is 11.9 Å². The molecule has 0 fully saturated rings. The van der Waals surface area contributed by atoms with Gasteiger partial charge in [-0.05, 0) is 18.1 Å². The second-order valence-corrected chi connectivity index (χ2v) is 7.67. The molecule has 1 aliphatic rings. The molecule has 7 nitrogen and oxygen atoms in total. The molecule has 0 bridgehead atoms. The first-order valence-corrected chi connectivity index (χ1v) is 10.5. The standard InChI is InChI=1S/C24H29FN4O3/c1-17(30)27-13-12-26-14-19-15-28-23(29-22(19)31-3)32-16-20-10-7-11-21(24(20,2)25)18-8-5-4-6-9-18/h4-11,15,20,26H,12-14,16H2,1-3H3,(H,27,30). The minimum absolute atomic E-state index is 0.0715. The number of nitrogens with one attached hydrogen (secondary N) is 2. The van der Waals surface area contributed by atoms with E-state index < -0.39 is 11.6 Å². The molecule has 1 aromatic heterocycles. The second kappa shape index (κ2) is 10.9. The maximum atomic E-state index is 15.8. The summed E-state index contributed by atoms with van der Waals surface area (Å²) in [7, 11) is 1.52. The largest absolute Gasteiger partial charge is 0.481 e. The van der Waals surface area contributed by atoms with Crippen LogP contribution in [0.5, 0.6) is 11.9 Å². The number of halogens is 1. The molecule has 32 heavy (non-hydrogen) atoms. The smallest absolute Gasteiger partial charge is 0.319 e. The summed E-state index contributed by atoms with van der Waals surface area (Å²) in [6.07, 6.45) is 7.08. The van der Waals surface area contributed by atoms with Gasteiger partial charge < -0.3 is 20.1 Å². The Morgan fingerprint density at radius 2 is 2.03 bits per heavy atom. The topological polar surface area (TPSA) is 85.4 Å². The molecule has 0 saturated carbocycles. The van der Waals surface area contributed by atoms with Crippen LogP contribution in [0.3, 0.4) is 0 Å². The van der Waals surface area contributed by atoms with Crippen LogP contribution in [0.2, 0.25) is 0 Å². The molecule has 3 rings (SSSR count). The van der Waals surface area contributed by atoms with Crippen LogP contribution in [-0.4, -0.2) is 48.4 Å². The predicted octanol–water partition coefficient (Wildman–Crippen LogP) is 3.09. The first-order valence-electron chi connectivity index (χ1n) is 10.5. The number of rotatable bonds is 10. The van der Waals surface area contributed by atoms with Crippen LogP contribution in [0.25, 0.3) is 5.57 Å². The summed E-state index contributed by atoms with van der Waals surface area (Å²) < 4.78 is 26.8. The lowest BCUT2D eigenvalue weighted by molar-refractivity contribution is -0.118. The van der Waals surface area contributed by atoms with E-state index in [9.17, 15) is 4.79 Å². The summed E-state index contributed by atoms with van der Waals surface area (Å²) >= 11 is 0. The van der Waals surface area contributed by atoms with Gasteiger partial charge in [-0.3, -0.25) is 4.79 Å². The van der Waals surface area contributed by atoms with Gasteiger partial charge >= 0.3 is 6.01 Å². The molecule has 8 heteroatoms. The molecule has 1 aliphatic carbocycles. The van der Waals surface area contributed by atoms with Gasteiger partial charge in [-0.1, -0.05) is 48.6 Å². The van der Waals surface area contributed by atoms with E-state index in [0.717, 1.165) is 11.1 Å². The van der Waals surface area contributed by atoms with Crippen LogP contribution in [0.15, 0.2) is 54.8 Å². The van der Waals surface area contributed by atoms with Crippen LogP contribution >= 0.6 is 0 Å². The fourth-order valence-corrected chi connectivity index (χ4v) is 3.50. The van der Waals surface area contributed by atoms with Gasteiger partial charge in [0.15, 0.2) is 0 Å². The number of nitrogens with zero attached hydrogens (tertiary/aromatic N) is 2. The number of methoxy groups -OCH3 is 1. The summed E-state index contributed by atoms with van der Waals surface area (Å²) in [4.78, 5) is 19.4. The van der Waals surface area contributed by atoms with Gasteiger partial charge in [0, 0.05) is 44.2 Å². The number of hydrogen-bond acceptors (Lipinski definition) is 6. The Morgan fingerprint density at radius 3 is 2.75 bits per heavy atom. The van der Waals surface area contributed by atoms with Crippen LogP contribution in [0.1, 0.15) is 25.0 Å². The van der Waals surface area contributed by atoms with Gasteiger partial charge in [-0.25, -0.2) is 9.37 Å². The zero-order valence-corrected chi connectivity index (χ0v) is 18.6. The normalized spacial score (nSPS) is 19.9. The first-order chi connectivity index (χ1) is 15.4. The Kier molecular flexibility index (Phi) is 7.94. The predicted molar refractivity (Wildman–Crippen MR) is 121 cm³/mol. The average Bonchev–Trinajstić information content (AvgIpc) is 2.78. The monoisotopic (exact) mass is 440 g/mol. The van der Waals surface area contributed by atoms with E-state index >= 15 is 4.39 Å². The number of carbonyl (C=O) groups is 1. The summed E-state index contributed by atoms with van der Waals surface area (Å²) in [5.74, 6) is -0.181. The molecule has 2 N–H and O–H groups in total. The van der Waals surface area contributed by atoms with Crippen molar-refractivity contribution < 1.29 is 18.7 Å². The van der Waals surface area contributed by atoms with Gasteiger partial charge in [0.05, 0.1) is 7.11 Å². The number of alkyl halides is 1. The van der Waals surface area contributed by atoms with Crippen molar-refractivity contribution in [3.63, 3.8) is 0 Å². The van der Waals surface area contributed by atoms with E-state index in [1.165, 1.54) is 14.0 Å². The minimum atomic E-state index is -1.60. The molecule has 1 amide bonds. The van der Waals surface area contributed by atoms with E-state index in [4.69, 9.17) is 9.47 Å². The molecule has 2 aromatic rings. The number of benzene rings is 1. The summed E-state index contributed by atoms with van der Waals surface area (Å²) in [5, 5.41) is 5.90. The van der Waals surface area contributed by atoms with E-state index in [0.29, 0.717) is 31.1 Å². The van der Waals surface area contributed by atoms with Gasteiger partial charge in [-0.15, -0.1) is 0 Å². The highest BCUT2D eigenvalue weighted by Crippen LogP contribution is 2.40. The Hall–Kier alpha value is -3.26. The molecule has 0 saturated heterocycles. The highest BCUT2D eigenvalue weighted by atomic mass is 19.1. The lowest BCUT2D eigenvalue weighted by Gasteiger charge is -2.33. The van der Waals surface area contributed by atoms with Gasteiger partial charge in [0.25, 0.3) is 0 Å². The number of hydrogen-bond donors (Lipinski definition) is 2. The molecule has 2 atom stereocenters. The quantitative estimate of drug-likeness (QED) is 0.553. The zero-order chi connectivity index (χ0) is 23.0. The molecule has 170 valence electrons. The molecule has 0 radical (unpaired) electrons. The van der Waals surface area contributed by atoms with E-state index in [2.05, 4.69) is 20.6 Å². The minimum Gasteiger partial charge on any atom is -0.481 e. The van der Waals surface area contributed by atoms with E-state index in [1.54, 1.807) is 25.3 Å². The molecular weight excluding hydrogens is 411 g/mol. The van der Waals surface area contributed by atoms with Crippen molar-refractivity contribution in [1.29, 1.82) is 0 Å². The molecule has 2 unspecified atom stereocenters. The maximum Gasteiger partial charge on any atom is 0.319 e. The zero-order valence-electron chi connectivity index (χ0n) is 18.6.